The highest BCUT2D eigenvalue weighted by atomic mass is 19.2. The Kier molecular flexibility index (Phi) is 5.40. The first-order valence-electron chi connectivity index (χ1n) is 9.38. The van der Waals surface area contributed by atoms with Gasteiger partial charge in [0, 0.05) is 0 Å². The van der Waals surface area contributed by atoms with Crippen LogP contribution in [-0.4, -0.2) is 29.7 Å². The molecule has 4 rings (SSSR count). The molecule has 1 heterocycles. The van der Waals surface area contributed by atoms with Gasteiger partial charge in [0.05, 0.1) is 36.0 Å². The fourth-order valence-electron chi connectivity index (χ4n) is 3.41. The highest BCUT2D eigenvalue weighted by molar-refractivity contribution is 6.21. The molecule has 0 saturated carbocycles. The normalized spacial score (nSPS) is 12.7. The highest BCUT2D eigenvalue weighted by Gasteiger charge is 2.35. The lowest BCUT2D eigenvalue weighted by Gasteiger charge is -2.16. The number of ether oxygens (including phenoxy) is 1. The van der Waals surface area contributed by atoms with Crippen LogP contribution in [0, 0.1) is 17.5 Å². The molecule has 3 aromatic carbocycles. The van der Waals surface area contributed by atoms with Crippen molar-refractivity contribution in [1.29, 1.82) is 0 Å². The Hall–Kier alpha value is -4.14. The van der Waals surface area contributed by atoms with E-state index in [-0.39, 0.29) is 29.0 Å². The topological polar surface area (TPSA) is 75.7 Å². The van der Waals surface area contributed by atoms with E-state index in [1.54, 1.807) is 30.3 Å². The molecule has 0 aromatic heterocycles. The summed E-state index contributed by atoms with van der Waals surface area (Å²) in [6.07, 6.45) is 0. The quantitative estimate of drug-likeness (QED) is 0.478. The van der Waals surface area contributed by atoms with Crippen molar-refractivity contribution in [2.24, 2.45) is 0 Å². The number of hydrogen-bond donors (Lipinski definition) is 1. The third kappa shape index (κ3) is 3.58. The number of hydrogen-bond acceptors (Lipinski definition) is 4. The van der Waals surface area contributed by atoms with Gasteiger partial charge in [-0.15, -0.1) is 0 Å². The van der Waals surface area contributed by atoms with Crippen molar-refractivity contribution in [3.63, 3.8) is 0 Å². The van der Waals surface area contributed by atoms with E-state index in [0.717, 1.165) is 11.0 Å². The van der Waals surface area contributed by atoms with Gasteiger partial charge < -0.3 is 10.1 Å². The van der Waals surface area contributed by atoms with Gasteiger partial charge in [-0.3, -0.25) is 19.3 Å². The molecule has 0 atom stereocenters. The van der Waals surface area contributed by atoms with Crippen LogP contribution in [0.4, 0.5) is 18.9 Å². The number of carbonyl (C=O) groups excluding carboxylic acids is 3. The second kappa shape index (κ2) is 8.18. The lowest BCUT2D eigenvalue weighted by atomic mass is 10.1. The zero-order valence-electron chi connectivity index (χ0n) is 16.6. The summed E-state index contributed by atoms with van der Waals surface area (Å²) in [6, 6.07) is 12.4. The van der Waals surface area contributed by atoms with Gasteiger partial charge in [0.15, 0.2) is 17.5 Å². The Morgan fingerprint density at radius 1 is 0.938 bits per heavy atom. The Labute approximate surface area is 180 Å². The molecule has 1 aliphatic rings. The third-order valence-corrected chi connectivity index (χ3v) is 5.01. The third-order valence-electron chi connectivity index (χ3n) is 5.01. The molecule has 3 amide bonds. The first-order valence-corrected chi connectivity index (χ1v) is 9.38. The summed E-state index contributed by atoms with van der Waals surface area (Å²) in [5, 5.41) is 2.17. The zero-order valence-corrected chi connectivity index (χ0v) is 16.6. The molecule has 0 bridgehead atoms. The van der Waals surface area contributed by atoms with Gasteiger partial charge in [-0.2, -0.15) is 0 Å². The van der Waals surface area contributed by atoms with E-state index < -0.39 is 40.9 Å². The summed E-state index contributed by atoms with van der Waals surface area (Å²) in [5.74, 6) is -6.30. The van der Waals surface area contributed by atoms with Crippen LogP contribution in [0.25, 0.3) is 0 Å². The van der Waals surface area contributed by atoms with E-state index in [1.807, 2.05) is 0 Å². The molecule has 0 radical (unpaired) electrons. The predicted octanol–water partition coefficient (Wildman–Crippen LogP) is 4.16. The Morgan fingerprint density at radius 2 is 1.59 bits per heavy atom. The van der Waals surface area contributed by atoms with Crippen LogP contribution in [0.3, 0.4) is 0 Å². The van der Waals surface area contributed by atoms with Gasteiger partial charge in [0.1, 0.15) is 5.75 Å². The minimum Gasteiger partial charge on any atom is -0.496 e. The number of anilines is 1. The molecule has 1 N–H and O–H groups in total. The van der Waals surface area contributed by atoms with Crippen LogP contribution >= 0.6 is 0 Å². The molecule has 162 valence electrons. The fourth-order valence-corrected chi connectivity index (χ4v) is 3.41. The lowest BCUT2D eigenvalue weighted by molar-refractivity contribution is 0.0642. The number of imide groups is 1. The molecule has 9 heteroatoms. The maximum atomic E-state index is 13.9. The van der Waals surface area contributed by atoms with Crippen molar-refractivity contribution in [2.45, 2.75) is 6.54 Å². The number of methoxy groups -OCH3 is 1. The number of benzene rings is 3. The van der Waals surface area contributed by atoms with E-state index in [1.165, 1.54) is 19.2 Å². The Morgan fingerprint density at radius 3 is 2.22 bits per heavy atom. The predicted molar refractivity (Wildman–Crippen MR) is 108 cm³/mol. The second-order valence-corrected chi connectivity index (χ2v) is 6.95. The number of amides is 3. The van der Waals surface area contributed by atoms with E-state index in [2.05, 4.69) is 5.32 Å². The van der Waals surface area contributed by atoms with Gasteiger partial charge in [-0.1, -0.05) is 18.2 Å². The van der Waals surface area contributed by atoms with Crippen molar-refractivity contribution in [3.05, 3.63) is 94.3 Å². The molecular weight excluding hydrogens is 425 g/mol. The van der Waals surface area contributed by atoms with Crippen molar-refractivity contribution < 1.29 is 32.3 Å². The standard InChI is InChI=1S/C23H15F3N2O4/c1-32-18-9-6-12(11-28-22(30)13-4-2-3-5-14(13)23(28)31)10-15(18)21(29)27-17-8-7-16(24)19(25)20(17)26/h2-10H,11H2,1H3,(H,27,29). The molecule has 1 aliphatic heterocycles. The van der Waals surface area contributed by atoms with Crippen LogP contribution < -0.4 is 10.1 Å². The second-order valence-electron chi connectivity index (χ2n) is 6.95. The average molecular weight is 440 g/mol. The van der Waals surface area contributed by atoms with Crippen molar-refractivity contribution in [1.82, 2.24) is 4.90 Å². The molecule has 3 aromatic rings. The minimum absolute atomic E-state index is 0.0502. The largest absolute Gasteiger partial charge is 0.496 e. The number of halogens is 3. The van der Waals surface area contributed by atoms with E-state index >= 15 is 0 Å². The van der Waals surface area contributed by atoms with Gasteiger partial charge in [0.25, 0.3) is 17.7 Å². The van der Waals surface area contributed by atoms with Crippen molar-refractivity contribution in [3.8, 4) is 5.75 Å². The minimum atomic E-state index is -1.71. The molecule has 0 saturated heterocycles. The summed E-state index contributed by atoms with van der Waals surface area (Å²) < 4.78 is 45.7. The monoisotopic (exact) mass is 440 g/mol. The number of rotatable bonds is 5. The van der Waals surface area contributed by atoms with Gasteiger partial charge in [0.2, 0.25) is 0 Å². The summed E-state index contributed by atoms with van der Waals surface area (Å²) in [5.41, 5.74) is 0.402. The van der Waals surface area contributed by atoms with E-state index in [4.69, 9.17) is 4.74 Å². The Bertz CT molecular complexity index is 1240. The van der Waals surface area contributed by atoms with Crippen LogP contribution in [-0.2, 0) is 6.54 Å². The molecular formula is C23H15F3N2O4. The lowest BCUT2D eigenvalue weighted by Crippen LogP contribution is -2.29. The average Bonchev–Trinajstić information content (AvgIpc) is 3.04. The number of carbonyl (C=O) groups is 3. The first kappa shape index (κ1) is 21.1. The Balaban J connectivity index is 1.61. The number of fused-ring (bicyclic) bond motifs is 1. The van der Waals surface area contributed by atoms with Crippen molar-refractivity contribution >= 4 is 23.4 Å². The SMILES string of the molecule is COc1ccc(CN2C(=O)c3ccccc3C2=O)cc1C(=O)Nc1ccc(F)c(F)c1F. The van der Waals surface area contributed by atoms with Gasteiger partial charge in [-0.05, 0) is 42.0 Å². The molecule has 0 aliphatic carbocycles. The summed E-state index contributed by atoms with van der Waals surface area (Å²) in [6.45, 7) is -0.115. The van der Waals surface area contributed by atoms with Gasteiger partial charge in [-0.25, -0.2) is 13.2 Å². The van der Waals surface area contributed by atoms with Crippen LogP contribution in [0.5, 0.6) is 5.75 Å². The maximum absolute atomic E-state index is 13.9. The summed E-state index contributed by atoms with van der Waals surface area (Å²) in [7, 11) is 1.31. The highest BCUT2D eigenvalue weighted by Crippen LogP contribution is 2.27. The molecule has 0 unspecified atom stereocenters. The summed E-state index contributed by atoms with van der Waals surface area (Å²) >= 11 is 0. The van der Waals surface area contributed by atoms with Crippen molar-refractivity contribution in [2.75, 3.05) is 12.4 Å². The zero-order chi connectivity index (χ0) is 23.0. The number of nitrogens with zero attached hydrogens (tertiary/aromatic N) is 1. The molecule has 6 nitrogen and oxygen atoms in total. The van der Waals surface area contributed by atoms with E-state index in [0.29, 0.717) is 11.6 Å². The number of nitrogens with one attached hydrogen (secondary N) is 1. The maximum Gasteiger partial charge on any atom is 0.261 e. The van der Waals surface area contributed by atoms with Gasteiger partial charge >= 0.3 is 0 Å². The van der Waals surface area contributed by atoms with Crippen LogP contribution in [0.1, 0.15) is 36.6 Å². The fraction of sp³-hybridized carbons (Fsp3) is 0.0870. The molecule has 0 fully saturated rings. The summed E-state index contributed by atoms with van der Waals surface area (Å²) in [4.78, 5) is 38.9. The first-order chi connectivity index (χ1) is 15.3. The smallest absolute Gasteiger partial charge is 0.261 e. The molecule has 32 heavy (non-hydrogen) atoms. The van der Waals surface area contributed by atoms with Crippen LogP contribution in [0.2, 0.25) is 0 Å². The molecule has 0 spiro atoms. The van der Waals surface area contributed by atoms with Crippen LogP contribution in [0.15, 0.2) is 54.6 Å². The van der Waals surface area contributed by atoms with E-state index in [9.17, 15) is 27.6 Å².